The molecule has 1 spiro atoms. The topological polar surface area (TPSA) is 92.9 Å². The lowest BCUT2D eigenvalue weighted by Crippen LogP contribution is -2.58. The van der Waals surface area contributed by atoms with Crippen LogP contribution in [0.1, 0.15) is 32.1 Å². The summed E-state index contributed by atoms with van der Waals surface area (Å²) in [5, 5.41) is 2.10. The Hall–Kier alpha value is -3.15. The third-order valence-electron chi connectivity index (χ3n) is 5.63. The van der Waals surface area contributed by atoms with Crippen LogP contribution in [0.3, 0.4) is 0 Å². The van der Waals surface area contributed by atoms with Gasteiger partial charge in [0.05, 0.1) is 16.7 Å². The number of aromatic nitrogens is 1. The predicted molar refractivity (Wildman–Crippen MR) is 111 cm³/mol. The molecule has 27 heavy (non-hydrogen) atoms. The van der Waals surface area contributed by atoms with E-state index in [2.05, 4.69) is 22.0 Å². The molecule has 2 heterocycles. The van der Waals surface area contributed by atoms with Gasteiger partial charge in [0.15, 0.2) is 0 Å². The zero-order valence-corrected chi connectivity index (χ0v) is 15.1. The lowest BCUT2D eigenvalue weighted by molar-refractivity contribution is 0.306. The Labute approximate surface area is 157 Å². The normalized spacial score (nSPS) is 19.3. The molecule has 2 aliphatic rings. The van der Waals surface area contributed by atoms with Crippen molar-refractivity contribution >= 4 is 39.4 Å². The third kappa shape index (κ3) is 2.44. The molecule has 6 nitrogen and oxygen atoms in total. The lowest BCUT2D eigenvalue weighted by atomic mass is 9.86. The fourth-order valence-electron chi connectivity index (χ4n) is 4.50. The van der Waals surface area contributed by atoms with E-state index < -0.39 is 5.66 Å². The highest BCUT2D eigenvalue weighted by atomic mass is 15.4. The van der Waals surface area contributed by atoms with Gasteiger partial charge in [0.25, 0.3) is 0 Å². The van der Waals surface area contributed by atoms with Gasteiger partial charge in [0.1, 0.15) is 5.66 Å². The summed E-state index contributed by atoms with van der Waals surface area (Å²) in [6.45, 7) is 0. The van der Waals surface area contributed by atoms with Gasteiger partial charge in [-0.1, -0.05) is 42.8 Å². The average molecular weight is 358 g/mol. The molecule has 0 unspecified atom stereocenters. The molecule has 1 saturated carbocycles. The van der Waals surface area contributed by atoms with Crippen LogP contribution in [0.25, 0.3) is 21.8 Å². The van der Waals surface area contributed by atoms with Gasteiger partial charge >= 0.3 is 0 Å². The largest absolute Gasteiger partial charge is 0.369 e. The highest BCUT2D eigenvalue weighted by Gasteiger charge is 2.43. The summed E-state index contributed by atoms with van der Waals surface area (Å²) < 4.78 is 0. The minimum atomic E-state index is -0.471. The van der Waals surface area contributed by atoms with E-state index in [1.807, 2.05) is 36.4 Å². The Kier molecular flexibility index (Phi) is 3.53. The number of benzene rings is 2. The Balaban J connectivity index is 1.86. The number of para-hydroxylation sites is 2. The molecule has 2 aromatic carbocycles. The van der Waals surface area contributed by atoms with Gasteiger partial charge in [-0.3, -0.25) is 4.90 Å². The second kappa shape index (κ2) is 5.94. The third-order valence-corrected chi connectivity index (χ3v) is 5.63. The number of hydrogen-bond donors (Lipinski definition) is 2. The maximum Gasteiger partial charge on any atom is 0.220 e. The number of nitrogens with zero attached hydrogens (tertiary/aromatic N) is 4. The van der Waals surface area contributed by atoms with Crippen molar-refractivity contribution in [3.8, 4) is 0 Å². The van der Waals surface area contributed by atoms with Crippen molar-refractivity contribution in [3.63, 3.8) is 0 Å². The average Bonchev–Trinajstić information content (AvgIpc) is 2.67. The minimum absolute atomic E-state index is 0.272. The summed E-state index contributed by atoms with van der Waals surface area (Å²) in [6.07, 6.45) is 5.23. The van der Waals surface area contributed by atoms with Crippen molar-refractivity contribution in [1.82, 2.24) is 4.98 Å². The van der Waals surface area contributed by atoms with Crippen LogP contribution < -0.4 is 16.4 Å². The van der Waals surface area contributed by atoms with Crippen LogP contribution in [0.4, 0.5) is 5.69 Å². The van der Waals surface area contributed by atoms with Gasteiger partial charge in [0.2, 0.25) is 11.9 Å². The number of anilines is 1. The van der Waals surface area contributed by atoms with Crippen molar-refractivity contribution in [3.05, 3.63) is 48.5 Å². The Bertz CT molecular complexity index is 1040. The first-order valence-corrected chi connectivity index (χ1v) is 9.45. The van der Waals surface area contributed by atoms with Crippen LogP contribution >= 0.6 is 0 Å². The summed E-state index contributed by atoms with van der Waals surface area (Å²) in [4.78, 5) is 16.1. The molecule has 1 fully saturated rings. The number of aliphatic imine (C=N–C) groups is 2. The molecule has 0 radical (unpaired) electrons. The SMILES string of the molecule is NC1=NC2(CCCCC2)N(c2c3ccccc3nc3ccccc23)C(N)=N1. The van der Waals surface area contributed by atoms with E-state index in [1.54, 1.807) is 0 Å². The Morgan fingerprint density at radius 3 is 2.04 bits per heavy atom. The molecule has 136 valence electrons. The molecule has 3 aromatic rings. The first kappa shape index (κ1) is 16.1. The van der Waals surface area contributed by atoms with E-state index >= 15 is 0 Å². The van der Waals surface area contributed by atoms with Crippen molar-refractivity contribution in [2.75, 3.05) is 4.90 Å². The molecule has 1 aliphatic carbocycles. The number of nitrogens with two attached hydrogens (primary N) is 2. The van der Waals surface area contributed by atoms with Crippen molar-refractivity contribution < 1.29 is 0 Å². The predicted octanol–water partition coefficient (Wildman–Crippen LogP) is 3.50. The number of pyridine rings is 1. The molecule has 0 bridgehead atoms. The monoisotopic (exact) mass is 358 g/mol. The smallest absolute Gasteiger partial charge is 0.220 e. The fourth-order valence-corrected chi connectivity index (χ4v) is 4.50. The fraction of sp³-hybridized carbons (Fsp3) is 0.286. The minimum Gasteiger partial charge on any atom is -0.369 e. The van der Waals surface area contributed by atoms with Gasteiger partial charge in [-0.05, 0) is 37.8 Å². The van der Waals surface area contributed by atoms with Gasteiger partial charge in [-0.2, -0.15) is 4.99 Å². The van der Waals surface area contributed by atoms with Crippen molar-refractivity contribution in [1.29, 1.82) is 0 Å². The van der Waals surface area contributed by atoms with Crippen molar-refractivity contribution in [2.45, 2.75) is 37.8 Å². The van der Waals surface area contributed by atoms with Crippen LogP contribution in [0.5, 0.6) is 0 Å². The molecule has 6 heteroatoms. The van der Waals surface area contributed by atoms with Crippen LogP contribution in [-0.4, -0.2) is 22.6 Å². The number of rotatable bonds is 1. The van der Waals surface area contributed by atoms with E-state index in [1.165, 1.54) is 6.42 Å². The highest BCUT2D eigenvalue weighted by Crippen LogP contribution is 2.44. The highest BCUT2D eigenvalue weighted by molar-refractivity contribution is 6.17. The second-order valence-corrected chi connectivity index (χ2v) is 7.31. The molecule has 4 N–H and O–H groups in total. The zero-order valence-electron chi connectivity index (χ0n) is 15.1. The first-order valence-electron chi connectivity index (χ1n) is 9.45. The van der Waals surface area contributed by atoms with Crippen LogP contribution in [0.2, 0.25) is 0 Å². The molecular formula is C21H22N6. The summed E-state index contributed by atoms with van der Waals surface area (Å²) in [5.41, 5.74) is 15.0. The summed E-state index contributed by atoms with van der Waals surface area (Å²) in [5.74, 6) is 0.680. The first-order chi connectivity index (χ1) is 13.2. The van der Waals surface area contributed by atoms with E-state index in [4.69, 9.17) is 21.4 Å². The van der Waals surface area contributed by atoms with E-state index in [0.29, 0.717) is 5.96 Å². The standard InChI is InChI=1S/C21H22N6/c22-19-25-20(23)27(21(26-19)12-6-1-7-13-21)18-14-8-2-4-10-16(14)24-17-11-5-3-9-15(17)18/h2-5,8-11H,1,6-7,12-13H2,(H4,22,23,25,26). The van der Waals surface area contributed by atoms with Gasteiger partial charge < -0.3 is 11.5 Å². The summed E-state index contributed by atoms with van der Waals surface area (Å²) in [6, 6.07) is 16.3. The molecule has 1 aromatic heterocycles. The van der Waals surface area contributed by atoms with Crippen LogP contribution in [0.15, 0.2) is 58.5 Å². The van der Waals surface area contributed by atoms with E-state index in [9.17, 15) is 0 Å². The Morgan fingerprint density at radius 2 is 1.41 bits per heavy atom. The Morgan fingerprint density at radius 1 is 0.815 bits per heavy atom. The van der Waals surface area contributed by atoms with Crippen molar-refractivity contribution in [2.24, 2.45) is 21.5 Å². The molecule has 1 aliphatic heterocycles. The van der Waals surface area contributed by atoms with E-state index in [0.717, 1.165) is 53.2 Å². The van der Waals surface area contributed by atoms with E-state index in [-0.39, 0.29) is 5.96 Å². The van der Waals surface area contributed by atoms with Crippen LogP contribution in [-0.2, 0) is 0 Å². The number of hydrogen-bond acceptors (Lipinski definition) is 6. The maximum atomic E-state index is 6.48. The van der Waals surface area contributed by atoms with Gasteiger partial charge in [-0.25, -0.2) is 9.98 Å². The number of fused-ring (bicyclic) bond motifs is 2. The van der Waals surface area contributed by atoms with Gasteiger partial charge in [0, 0.05) is 10.8 Å². The molecule has 0 amide bonds. The molecule has 5 rings (SSSR count). The summed E-state index contributed by atoms with van der Waals surface area (Å²) >= 11 is 0. The second-order valence-electron chi connectivity index (χ2n) is 7.31. The quantitative estimate of drug-likeness (QED) is 0.651. The molecule has 0 atom stereocenters. The van der Waals surface area contributed by atoms with Gasteiger partial charge in [-0.15, -0.1) is 0 Å². The molecule has 0 saturated heterocycles. The zero-order chi connectivity index (χ0) is 18.4. The lowest BCUT2D eigenvalue weighted by Gasteiger charge is -2.46. The van der Waals surface area contributed by atoms with Crippen LogP contribution in [0, 0.1) is 0 Å². The summed E-state index contributed by atoms with van der Waals surface area (Å²) in [7, 11) is 0. The molecular weight excluding hydrogens is 336 g/mol. The maximum absolute atomic E-state index is 6.48. The number of guanidine groups is 2.